The average Bonchev–Trinajstić information content (AvgIpc) is 2.66. The molecule has 0 fully saturated rings. The molecule has 0 atom stereocenters. The lowest BCUT2D eigenvalue weighted by Crippen LogP contribution is -2.39. The van der Waals surface area contributed by atoms with Gasteiger partial charge in [-0.2, -0.15) is 0 Å². The van der Waals surface area contributed by atoms with Gasteiger partial charge in [0.25, 0.3) is 0 Å². The summed E-state index contributed by atoms with van der Waals surface area (Å²) in [5, 5.41) is 6.54. The molecule has 0 unspecified atom stereocenters. The van der Waals surface area contributed by atoms with Crippen molar-refractivity contribution < 1.29 is 9.47 Å². The highest BCUT2D eigenvalue weighted by molar-refractivity contribution is 14.0. The number of guanidine groups is 1. The van der Waals surface area contributed by atoms with Crippen LogP contribution in [0.3, 0.4) is 0 Å². The van der Waals surface area contributed by atoms with Crippen LogP contribution in [0, 0.1) is 0 Å². The molecule has 0 aliphatic heterocycles. The van der Waals surface area contributed by atoms with Gasteiger partial charge in [0.2, 0.25) is 0 Å². The number of rotatable bonds is 9. The van der Waals surface area contributed by atoms with Gasteiger partial charge in [-0.15, -0.1) is 24.0 Å². The van der Waals surface area contributed by atoms with Crippen LogP contribution in [0.4, 0.5) is 0 Å². The van der Waals surface area contributed by atoms with E-state index in [9.17, 15) is 0 Å². The quantitative estimate of drug-likeness (QED) is 0.256. The Bertz CT molecular complexity index is 633. The topological polar surface area (TPSA) is 54.9 Å². The molecule has 0 bridgehead atoms. The molecule has 2 N–H and O–H groups in total. The van der Waals surface area contributed by atoms with E-state index in [-0.39, 0.29) is 24.0 Å². The van der Waals surface area contributed by atoms with Gasteiger partial charge in [-0.3, -0.25) is 4.99 Å². The Morgan fingerprint density at radius 2 is 1.69 bits per heavy atom. The first-order chi connectivity index (χ1) is 12.3. The van der Waals surface area contributed by atoms with Gasteiger partial charge in [0, 0.05) is 13.1 Å². The largest absolute Gasteiger partial charge is 0.497 e. The third kappa shape index (κ3) is 8.42. The van der Waals surface area contributed by atoms with Crippen LogP contribution in [0.5, 0.6) is 11.5 Å². The summed E-state index contributed by atoms with van der Waals surface area (Å²) in [6.07, 6.45) is 0.890. The van der Waals surface area contributed by atoms with Gasteiger partial charge in [0.05, 0.1) is 13.7 Å². The molecular formula is C20H28IN3O2. The van der Waals surface area contributed by atoms with Crippen LogP contribution in [-0.4, -0.2) is 39.3 Å². The maximum atomic E-state index is 5.67. The van der Waals surface area contributed by atoms with Gasteiger partial charge in [-0.25, -0.2) is 0 Å². The minimum atomic E-state index is 0. The third-order valence-electron chi connectivity index (χ3n) is 3.58. The molecule has 0 aromatic heterocycles. The van der Waals surface area contributed by atoms with Crippen LogP contribution in [-0.2, 0) is 6.42 Å². The van der Waals surface area contributed by atoms with Crippen molar-refractivity contribution in [2.75, 3.05) is 33.4 Å². The second kappa shape index (κ2) is 13.3. The fourth-order valence-electron chi connectivity index (χ4n) is 2.29. The number of benzene rings is 2. The van der Waals surface area contributed by atoms with Crippen LogP contribution in [0.1, 0.15) is 12.5 Å². The Morgan fingerprint density at radius 1 is 0.962 bits per heavy atom. The molecule has 0 aliphatic carbocycles. The summed E-state index contributed by atoms with van der Waals surface area (Å²) in [4.78, 5) is 4.60. The zero-order chi connectivity index (χ0) is 17.7. The van der Waals surface area contributed by atoms with Gasteiger partial charge in [-0.05, 0) is 43.2 Å². The van der Waals surface area contributed by atoms with Crippen LogP contribution in [0.15, 0.2) is 59.6 Å². The van der Waals surface area contributed by atoms with Crippen molar-refractivity contribution in [3.05, 3.63) is 60.2 Å². The lowest BCUT2D eigenvalue weighted by atomic mass is 10.1. The predicted octanol–water partition coefficient (Wildman–Crippen LogP) is 3.49. The molecule has 0 saturated heterocycles. The van der Waals surface area contributed by atoms with Gasteiger partial charge in [0.15, 0.2) is 5.96 Å². The maximum absolute atomic E-state index is 5.67. The monoisotopic (exact) mass is 469 g/mol. The van der Waals surface area contributed by atoms with Gasteiger partial charge in [0.1, 0.15) is 18.1 Å². The number of nitrogens with one attached hydrogen (secondary N) is 2. The van der Waals surface area contributed by atoms with Gasteiger partial charge >= 0.3 is 0 Å². The highest BCUT2D eigenvalue weighted by atomic mass is 127. The second-order valence-corrected chi connectivity index (χ2v) is 5.45. The van der Waals surface area contributed by atoms with E-state index in [1.807, 2.05) is 42.5 Å². The minimum Gasteiger partial charge on any atom is -0.497 e. The van der Waals surface area contributed by atoms with E-state index in [0.29, 0.717) is 13.2 Å². The highest BCUT2D eigenvalue weighted by Crippen LogP contribution is 2.11. The molecule has 0 radical (unpaired) electrons. The number of nitrogens with zero attached hydrogens (tertiary/aromatic N) is 1. The third-order valence-corrected chi connectivity index (χ3v) is 3.58. The molecule has 0 saturated carbocycles. The zero-order valence-corrected chi connectivity index (χ0v) is 17.7. The lowest BCUT2D eigenvalue weighted by Gasteiger charge is -2.12. The fraction of sp³-hybridized carbons (Fsp3) is 0.350. The number of hydrogen-bond acceptors (Lipinski definition) is 3. The number of para-hydroxylation sites is 1. The van der Waals surface area contributed by atoms with E-state index in [1.54, 1.807) is 7.11 Å². The molecule has 2 rings (SSSR count). The first-order valence-electron chi connectivity index (χ1n) is 8.64. The SMILES string of the molecule is CCNC(=NCCc1ccc(OC)cc1)NCCOc1ccccc1.I. The van der Waals surface area contributed by atoms with Crippen molar-refractivity contribution in [3.63, 3.8) is 0 Å². The Morgan fingerprint density at radius 3 is 2.35 bits per heavy atom. The van der Waals surface area contributed by atoms with E-state index in [0.717, 1.165) is 37.0 Å². The van der Waals surface area contributed by atoms with Crippen molar-refractivity contribution in [1.82, 2.24) is 10.6 Å². The van der Waals surface area contributed by atoms with Crippen LogP contribution in [0.25, 0.3) is 0 Å². The van der Waals surface area contributed by atoms with Crippen LogP contribution < -0.4 is 20.1 Å². The Labute approximate surface area is 173 Å². The van der Waals surface area contributed by atoms with Crippen molar-refractivity contribution in [2.45, 2.75) is 13.3 Å². The summed E-state index contributed by atoms with van der Waals surface area (Å²) < 4.78 is 10.8. The van der Waals surface area contributed by atoms with Crippen LogP contribution in [0.2, 0.25) is 0 Å². The molecule has 5 nitrogen and oxygen atoms in total. The van der Waals surface area contributed by atoms with Crippen molar-refractivity contribution >= 4 is 29.9 Å². The van der Waals surface area contributed by atoms with E-state index in [1.165, 1.54) is 5.56 Å². The Balaban J connectivity index is 0.00000338. The van der Waals surface area contributed by atoms with E-state index < -0.39 is 0 Å². The lowest BCUT2D eigenvalue weighted by molar-refractivity contribution is 0.322. The summed E-state index contributed by atoms with van der Waals surface area (Å²) in [5.41, 5.74) is 1.24. The summed E-state index contributed by atoms with van der Waals surface area (Å²) in [7, 11) is 1.68. The number of methoxy groups -OCH3 is 1. The number of aliphatic imine (C=N–C) groups is 1. The average molecular weight is 469 g/mol. The van der Waals surface area contributed by atoms with E-state index in [2.05, 4.69) is 34.7 Å². The fourth-order valence-corrected chi connectivity index (χ4v) is 2.29. The maximum Gasteiger partial charge on any atom is 0.191 e. The number of hydrogen-bond donors (Lipinski definition) is 2. The van der Waals surface area contributed by atoms with Crippen molar-refractivity contribution in [1.29, 1.82) is 0 Å². The van der Waals surface area contributed by atoms with Crippen molar-refractivity contribution in [3.8, 4) is 11.5 Å². The Kier molecular flexibility index (Phi) is 11.3. The predicted molar refractivity (Wildman–Crippen MR) is 118 cm³/mol. The van der Waals surface area contributed by atoms with E-state index in [4.69, 9.17) is 9.47 Å². The van der Waals surface area contributed by atoms with Crippen LogP contribution >= 0.6 is 24.0 Å². The van der Waals surface area contributed by atoms with Gasteiger partial charge in [-0.1, -0.05) is 30.3 Å². The summed E-state index contributed by atoms with van der Waals surface area (Å²) in [6.45, 7) is 4.90. The van der Waals surface area contributed by atoms with E-state index >= 15 is 0 Å². The molecule has 0 aliphatic rings. The zero-order valence-electron chi connectivity index (χ0n) is 15.4. The molecule has 0 spiro atoms. The molecule has 26 heavy (non-hydrogen) atoms. The normalized spacial score (nSPS) is 10.6. The summed E-state index contributed by atoms with van der Waals surface area (Å²) in [5.74, 6) is 2.57. The molecule has 2 aromatic rings. The summed E-state index contributed by atoms with van der Waals surface area (Å²) in [6, 6.07) is 17.9. The molecule has 2 aromatic carbocycles. The molecule has 142 valence electrons. The molecule has 0 heterocycles. The minimum absolute atomic E-state index is 0. The Hall–Kier alpha value is -1.96. The second-order valence-electron chi connectivity index (χ2n) is 5.45. The summed E-state index contributed by atoms with van der Waals surface area (Å²) >= 11 is 0. The standard InChI is InChI=1S/C20H27N3O2.HI/c1-3-21-20(23-15-16-25-19-7-5-4-6-8-19)22-14-13-17-9-11-18(24-2)12-10-17;/h4-12H,3,13-16H2,1-2H3,(H2,21,22,23);1H. The van der Waals surface area contributed by atoms with Gasteiger partial charge < -0.3 is 20.1 Å². The number of ether oxygens (including phenoxy) is 2. The number of halogens is 1. The smallest absolute Gasteiger partial charge is 0.191 e. The first-order valence-corrected chi connectivity index (χ1v) is 8.64. The first kappa shape index (κ1) is 22.1. The molecule has 0 amide bonds. The molecular weight excluding hydrogens is 441 g/mol. The molecule has 6 heteroatoms. The van der Waals surface area contributed by atoms with Crippen molar-refractivity contribution in [2.24, 2.45) is 4.99 Å². The highest BCUT2D eigenvalue weighted by Gasteiger charge is 1.99.